The molecule has 1 atom stereocenters. The molecule has 0 radical (unpaired) electrons. The molecule has 3 rings (SSSR count). The lowest BCUT2D eigenvalue weighted by molar-refractivity contribution is 0.0690. The Morgan fingerprint density at radius 3 is 2.92 bits per heavy atom. The molecule has 1 aliphatic heterocycles. The predicted octanol–water partition coefficient (Wildman–Crippen LogP) is 2.49. The SMILES string of the molecule is O=C(NCCCn1cccn1)N1CCC(C(O)c2cccs2)CC1. The topological polar surface area (TPSA) is 70.4 Å². The van der Waals surface area contributed by atoms with Crippen molar-refractivity contribution < 1.29 is 9.90 Å². The molecule has 1 saturated heterocycles. The van der Waals surface area contributed by atoms with Crippen LogP contribution in [0.4, 0.5) is 4.79 Å². The number of thiophene rings is 1. The second-order valence-electron chi connectivity index (χ2n) is 6.14. The first-order chi connectivity index (χ1) is 11.7. The van der Waals surface area contributed by atoms with Gasteiger partial charge in [0.1, 0.15) is 0 Å². The number of amides is 2. The van der Waals surface area contributed by atoms with Gasteiger partial charge in [-0.05, 0) is 42.7 Å². The predicted molar refractivity (Wildman–Crippen MR) is 93.8 cm³/mol. The highest BCUT2D eigenvalue weighted by atomic mass is 32.1. The van der Waals surface area contributed by atoms with E-state index in [0.29, 0.717) is 19.6 Å². The van der Waals surface area contributed by atoms with Gasteiger partial charge in [0.25, 0.3) is 0 Å². The molecule has 0 spiro atoms. The van der Waals surface area contributed by atoms with E-state index in [1.54, 1.807) is 17.5 Å². The number of aryl methyl sites for hydroxylation is 1. The van der Waals surface area contributed by atoms with Crippen LogP contribution in [0, 0.1) is 5.92 Å². The Kier molecular flexibility index (Phi) is 5.87. The van der Waals surface area contributed by atoms with Crippen molar-refractivity contribution in [3.8, 4) is 0 Å². The standard InChI is InChI=1S/C17H24N4O2S/c22-16(15-4-1-13-24-15)14-5-11-20(12-6-14)17(23)18-7-2-9-21-10-3-8-19-21/h1,3-4,8,10,13-14,16,22H,2,5-7,9,11-12H2,(H,18,23). The van der Waals surface area contributed by atoms with E-state index < -0.39 is 6.10 Å². The lowest BCUT2D eigenvalue weighted by Gasteiger charge is -2.34. The first kappa shape index (κ1) is 17.0. The number of aliphatic hydroxyl groups is 1. The van der Waals surface area contributed by atoms with Crippen molar-refractivity contribution in [3.05, 3.63) is 40.8 Å². The summed E-state index contributed by atoms with van der Waals surface area (Å²) in [5, 5.41) is 19.5. The number of rotatable bonds is 6. The lowest BCUT2D eigenvalue weighted by Crippen LogP contribution is -2.45. The third kappa shape index (κ3) is 4.36. The molecule has 2 N–H and O–H groups in total. The third-order valence-electron chi connectivity index (χ3n) is 4.51. The number of nitrogens with one attached hydrogen (secondary N) is 1. The highest BCUT2D eigenvalue weighted by Gasteiger charge is 2.28. The molecule has 2 amide bonds. The Morgan fingerprint density at radius 2 is 2.25 bits per heavy atom. The molecule has 6 nitrogen and oxygen atoms in total. The van der Waals surface area contributed by atoms with E-state index in [9.17, 15) is 9.90 Å². The number of hydrogen-bond acceptors (Lipinski definition) is 4. The number of aliphatic hydroxyl groups excluding tert-OH is 1. The van der Waals surface area contributed by atoms with Crippen LogP contribution in [0.1, 0.15) is 30.2 Å². The van der Waals surface area contributed by atoms with Gasteiger partial charge < -0.3 is 15.3 Å². The number of hydrogen-bond donors (Lipinski definition) is 2. The molecule has 0 bridgehead atoms. The number of aromatic nitrogens is 2. The first-order valence-corrected chi connectivity index (χ1v) is 9.33. The fraction of sp³-hybridized carbons (Fsp3) is 0.529. The zero-order chi connectivity index (χ0) is 16.8. The van der Waals surface area contributed by atoms with Gasteiger partial charge in [-0.15, -0.1) is 11.3 Å². The highest BCUT2D eigenvalue weighted by molar-refractivity contribution is 7.10. The van der Waals surface area contributed by atoms with Crippen LogP contribution in [0.25, 0.3) is 0 Å². The number of likely N-dealkylation sites (tertiary alicyclic amines) is 1. The van der Waals surface area contributed by atoms with Gasteiger partial charge in [-0.2, -0.15) is 5.10 Å². The number of urea groups is 1. The number of carbonyl (C=O) groups excluding carboxylic acids is 1. The fourth-order valence-electron chi connectivity index (χ4n) is 3.09. The van der Waals surface area contributed by atoms with Gasteiger partial charge >= 0.3 is 6.03 Å². The molecular formula is C17H24N4O2S. The van der Waals surface area contributed by atoms with Crippen molar-refractivity contribution in [1.29, 1.82) is 0 Å². The first-order valence-electron chi connectivity index (χ1n) is 8.45. The maximum Gasteiger partial charge on any atom is 0.317 e. The van der Waals surface area contributed by atoms with Crippen LogP contribution >= 0.6 is 11.3 Å². The van der Waals surface area contributed by atoms with Gasteiger partial charge in [-0.25, -0.2) is 4.79 Å². The number of carbonyl (C=O) groups is 1. The smallest absolute Gasteiger partial charge is 0.317 e. The van der Waals surface area contributed by atoms with Crippen LogP contribution in [0.5, 0.6) is 0 Å². The summed E-state index contributed by atoms with van der Waals surface area (Å²) in [6.45, 7) is 2.87. The summed E-state index contributed by atoms with van der Waals surface area (Å²) >= 11 is 1.59. The second-order valence-corrected chi connectivity index (χ2v) is 7.12. The van der Waals surface area contributed by atoms with E-state index in [4.69, 9.17) is 0 Å². The Labute approximate surface area is 146 Å². The molecule has 130 valence electrons. The van der Waals surface area contributed by atoms with Crippen molar-refractivity contribution in [2.45, 2.75) is 31.9 Å². The normalized spacial score (nSPS) is 17.0. The third-order valence-corrected chi connectivity index (χ3v) is 5.45. The minimum Gasteiger partial charge on any atom is -0.387 e. The zero-order valence-electron chi connectivity index (χ0n) is 13.7. The van der Waals surface area contributed by atoms with Gasteiger partial charge in [0.15, 0.2) is 0 Å². The van der Waals surface area contributed by atoms with Gasteiger partial charge in [-0.3, -0.25) is 4.68 Å². The molecular weight excluding hydrogens is 324 g/mol. The summed E-state index contributed by atoms with van der Waals surface area (Å²) < 4.78 is 1.86. The average Bonchev–Trinajstić information content (AvgIpc) is 3.31. The molecule has 2 aromatic heterocycles. The largest absolute Gasteiger partial charge is 0.387 e. The van der Waals surface area contributed by atoms with Crippen molar-refractivity contribution in [1.82, 2.24) is 20.0 Å². The molecule has 2 aromatic rings. The molecule has 1 aliphatic rings. The summed E-state index contributed by atoms with van der Waals surface area (Å²) in [5.41, 5.74) is 0. The maximum atomic E-state index is 12.2. The van der Waals surface area contributed by atoms with Crippen molar-refractivity contribution in [2.24, 2.45) is 5.92 Å². The van der Waals surface area contributed by atoms with Gasteiger partial charge in [0.05, 0.1) is 6.10 Å². The van der Waals surface area contributed by atoms with Gasteiger partial charge in [-0.1, -0.05) is 6.07 Å². The summed E-state index contributed by atoms with van der Waals surface area (Å²) in [5.74, 6) is 0.243. The molecule has 24 heavy (non-hydrogen) atoms. The van der Waals surface area contributed by atoms with Crippen molar-refractivity contribution in [2.75, 3.05) is 19.6 Å². The van der Waals surface area contributed by atoms with Crippen LogP contribution in [-0.4, -0.2) is 45.5 Å². The molecule has 0 aliphatic carbocycles. The zero-order valence-corrected chi connectivity index (χ0v) is 14.5. The van der Waals surface area contributed by atoms with E-state index in [-0.39, 0.29) is 11.9 Å². The van der Waals surface area contributed by atoms with E-state index in [1.807, 2.05) is 39.4 Å². The van der Waals surface area contributed by atoms with E-state index >= 15 is 0 Å². The van der Waals surface area contributed by atoms with Crippen molar-refractivity contribution >= 4 is 17.4 Å². The Balaban J connectivity index is 1.35. The lowest BCUT2D eigenvalue weighted by atomic mass is 9.90. The second kappa shape index (κ2) is 8.30. The van der Waals surface area contributed by atoms with E-state index in [0.717, 1.165) is 30.7 Å². The summed E-state index contributed by atoms with van der Waals surface area (Å²) in [4.78, 5) is 15.1. The highest BCUT2D eigenvalue weighted by Crippen LogP contribution is 2.32. The Morgan fingerprint density at radius 1 is 1.42 bits per heavy atom. The summed E-state index contributed by atoms with van der Waals surface area (Å²) in [7, 11) is 0. The maximum absolute atomic E-state index is 12.2. The molecule has 0 saturated carbocycles. The van der Waals surface area contributed by atoms with Crippen molar-refractivity contribution in [3.63, 3.8) is 0 Å². The molecule has 3 heterocycles. The quantitative estimate of drug-likeness (QED) is 0.788. The minimum atomic E-state index is -0.399. The van der Waals surface area contributed by atoms with Crippen LogP contribution < -0.4 is 5.32 Å². The fourth-order valence-corrected chi connectivity index (χ4v) is 3.89. The molecule has 1 fully saturated rings. The van der Waals surface area contributed by atoms with Crippen LogP contribution in [0.3, 0.4) is 0 Å². The van der Waals surface area contributed by atoms with Crippen LogP contribution in [0.15, 0.2) is 36.0 Å². The Bertz CT molecular complexity index is 607. The average molecular weight is 348 g/mol. The van der Waals surface area contributed by atoms with Gasteiger partial charge in [0, 0.05) is 43.4 Å². The summed E-state index contributed by atoms with van der Waals surface area (Å²) in [6.07, 6.45) is 5.84. The number of nitrogens with zero attached hydrogens (tertiary/aromatic N) is 3. The van der Waals surface area contributed by atoms with Gasteiger partial charge in [0.2, 0.25) is 0 Å². The number of piperidine rings is 1. The minimum absolute atomic E-state index is 0.000436. The summed E-state index contributed by atoms with van der Waals surface area (Å²) in [6, 6.07) is 5.84. The monoisotopic (exact) mass is 348 g/mol. The molecule has 7 heteroatoms. The Hall–Kier alpha value is -1.86. The molecule has 0 aromatic carbocycles. The molecule has 1 unspecified atom stereocenters. The van der Waals surface area contributed by atoms with Crippen LogP contribution in [-0.2, 0) is 6.54 Å². The van der Waals surface area contributed by atoms with Crippen LogP contribution in [0.2, 0.25) is 0 Å². The van der Waals surface area contributed by atoms with E-state index in [1.165, 1.54) is 0 Å². The van der Waals surface area contributed by atoms with E-state index in [2.05, 4.69) is 10.4 Å².